The zero-order valence-electron chi connectivity index (χ0n) is 16.2. The Morgan fingerprint density at radius 3 is 2.57 bits per heavy atom. The molecule has 1 N–H and O–H groups in total. The second-order valence-electron chi connectivity index (χ2n) is 6.81. The highest BCUT2D eigenvalue weighted by atomic mass is 19.4. The summed E-state index contributed by atoms with van der Waals surface area (Å²) in [6, 6.07) is 0.462. The summed E-state index contributed by atoms with van der Waals surface area (Å²) >= 11 is 0. The van der Waals surface area contributed by atoms with Gasteiger partial charge in [0.15, 0.2) is 0 Å². The standard InChI is InChI=1S/C15H25N3O3.C2HF3O2/c1-11-13(12(2)21-16-11)8-18-5-7-20-15-10-17(4-6-19-3)9-14(15)18;3-2(4,5)1(6)7/h14-15H,4-10H2,1-3H3;(H,6,7)/t14-,15+;/m1./s1. The van der Waals surface area contributed by atoms with Gasteiger partial charge in [-0.05, 0) is 13.8 Å². The van der Waals surface area contributed by atoms with Crippen LogP contribution < -0.4 is 0 Å². The van der Waals surface area contributed by atoms with E-state index in [1.165, 1.54) is 5.56 Å². The van der Waals surface area contributed by atoms with Gasteiger partial charge >= 0.3 is 12.1 Å². The Balaban J connectivity index is 0.000000345. The van der Waals surface area contributed by atoms with Crippen molar-refractivity contribution in [1.29, 1.82) is 0 Å². The second kappa shape index (κ2) is 9.68. The molecule has 1 aromatic heterocycles. The molecule has 1 aromatic rings. The van der Waals surface area contributed by atoms with Crippen LogP contribution in [0.3, 0.4) is 0 Å². The molecule has 0 saturated carbocycles. The molecular formula is C17H26F3N3O5. The highest BCUT2D eigenvalue weighted by molar-refractivity contribution is 5.73. The number of halogens is 3. The smallest absolute Gasteiger partial charge is 0.475 e. The van der Waals surface area contributed by atoms with E-state index in [4.69, 9.17) is 23.9 Å². The maximum Gasteiger partial charge on any atom is 0.490 e. The van der Waals surface area contributed by atoms with E-state index in [9.17, 15) is 13.2 Å². The second-order valence-corrected chi connectivity index (χ2v) is 6.81. The third-order valence-electron chi connectivity index (χ3n) is 4.89. The first-order valence-corrected chi connectivity index (χ1v) is 8.92. The zero-order chi connectivity index (χ0) is 20.9. The van der Waals surface area contributed by atoms with Crippen LogP contribution in [0, 0.1) is 13.8 Å². The van der Waals surface area contributed by atoms with Gasteiger partial charge in [0, 0.05) is 45.4 Å². The predicted molar refractivity (Wildman–Crippen MR) is 91.9 cm³/mol. The molecule has 0 bridgehead atoms. The van der Waals surface area contributed by atoms with Gasteiger partial charge in [-0.2, -0.15) is 13.2 Å². The van der Waals surface area contributed by atoms with Gasteiger partial charge in [0.1, 0.15) is 5.76 Å². The van der Waals surface area contributed by atoms with Crippen LogP contribution in [0.25, 0.3) is 0 Å². The summed E-state index contributed by atoms with van der Waals surface area (Å²) in [7, 11) is 1.75. The lowest BCUT2D eigenvalue weighted by atomic mass is 10.1. The van der Waals surface area contributed by atoms with Crippen molar-refractivity contribution in [3.05, 3.63) is 17.0 Å². The molecule has 28 heavy (non-hydrogen) atoms. The molecular weight excluding hydrogens is 383 g/mol. The molecule has 3 heterocycles. The number of hydrogen-bond donors (Lipinski definition) is 1. The molecule has 2 atom stereocenters. The number of carboxylic acid groups (broad SMARTS) is 1. The Hall–Kier alpha value is -1.69. The van der Waals surface area contributed by atoms with Crippen molar-refractivity contribution in [2.75, 3.05) is 46.5 Å². The lowest BCUT2D eigenvalue weighted by Crippen LogP contribution is -2.50. The number of ether oxygens (including phenoxy) is 2. The van der Waals surface area contributed by atoms with Gasteiger partial charge in [-0.15, -0.1) is 0 Å². The lowest BCUT2D eigenvalue weighted by molar-refractivity contribution is -0.192. The van der Waals surface area contributed by atoms with E-state index in [1.54, 1.807) is 7.11 Å². The molecule has 0 aliphatic carbocycles. The van der Waals surface area contributed by atoms with E-state index in [0.717, 1.165) is 57.4 Å². The molecule has 2 saturated heterocycles. The molecule has 0 amide bonds. The van der Waals surface area contributed by atoms with Gasteiger partial charge in [0.2, 0.25) is 0 Å². The summed E-state index contributed by atoms with van der Waals surface area (Å²) in [6.07, 6.45) is -4.77. The number of aliphatic carboxylic acids is 1. The Labute approximate surface area is 161 Å². The Kier molecular flexibility index (Phi) is 7.81. The molecule has 0 unspecified atom stereocenters. The SMILES string of the molecule is COCCN1C[C@@H]2OCCN(Cc3c(C)noc3C)[C@@H]2C1.O=C(O)C(F)(F)F. The fourth-order valence-electron chi connectivity index (χ4n) is 3.36. The van der Waals surface area contributed by atoms with Crippen LogP contribution in [0.2, 0.25) is 0 Å². The molecule has 160 valence electrons. The number of methoxy groups -OCH3 is 1. The average Bonchev–Trinajstić information content (AvgIpc) is 3.18. The number of morpholine rings is 1. The number of fused-ring (bicyclic) bond motifs is 1. The van der Waals surface area contributed by atoms with E-state index < -0.39 is 12.1 Å². The molecule has 0 spiro atoms. The summed E-state index contributed by atoms with van der Waals surface area (Å²) in [5.41, 5.74) is 2.23. The lowest BCUT2D eigenvalue weighted by Gasteiger charge is -2.36. The number of hydrogen-bond acceptors (Lipinski definition) is 7. The van der Waals surface area contributed by atoms with E-state index in [0.29, 0.717) is 12.1 Å². The van der Waals surface area contributed by atoms with Crippen molar-refractivity contribution in [2.45, 2.75) is 38.7 Å². The molecule has 8 nitrogen and oxygen atoms in total. The van der Waals surface area contributed by atoms with Gasteiger partial charge in [-0.1, -0.05) is 5.16 Å². The van der Waals surface area contributed by atoms with Crippen LogP contribution in [-0.2, 0) is 20.8 Å². The summed E-state index contributed by atoms with van der Waals surface area (Å²) in [5, 5.41) is 11.2. The molecule has 2 fully saturated rings. The summed E-state index contributed by atoms with van der Waals surface area (Å²) < 4.78 is 48.2. The Morgan fingerprint density at radius 2 is 2.04 bits per heavy atom. The first-order chi connectivity index (χ1) is 13.1. The first kappa shape index (κ1) is 22.6. The molecule has 0 aromatic carbocycles. The maximum absolute atomic E-state index is 10.6. The number of carboxylic acids is 1. The van der Waals surface area contributed by atoms with Crippen LogP contribution in [-0.4, -0.2) is 90.9 Å². The van der Waals surface area contributed by atoms with Crippen molar-refractivity contribution in [3.8, 4) is 0 Å². The van der Waals surface area contributed by atoms with Crippen molar-refractivity contribution in [2.24, 2.45) is 0 Å². The van der Waals surface area contributed by atoms with Gasteiger partial charge in [0.05, 0.1) is 31.1 Å². The van der Waals surface area contributed by atoms with Crippen LogP contribution in [0.1, 0.15) is 17.0 Å². The highest BCUT2D eigenvalue weighted by Gasteiger charge is 2.40. The minimum absolute atomic E-state index is 0.316. The molecule has 3 rings (SSSR count). The van der Waals surface area contributed by atoms with Gasteiger partial charge in [-0.3, -0.25) is 9.80 Å². The van der Waals surface area contributed by atoms with Crippen molar-refractivity contribution in [1.82, 2.24) is 15.0 Å². The first-order valence-electron chi connectivity index (χ1n) is 8.92. The van der Waals surface area contributed by atoms with E-state index in [2.05, 4.69) is 15.0 Å². The zero-order valence-corrected chi connectivity index (χ0v) is 16.2. The van der Waals surface area contributed by atoms with Gasteiger partial charge < -0.3 is 19.1 Å². The highest BCUT2D eigenvalue weighted by Crippen LogP contribution is 2.26. The van der Waals surface area contributed by atoms with Crippen molar-refractivity contribution >= 4 is 5.97 Å². The van der Waals surface area contributed by atoms with Crippen molar-refractivity contribution < 1.29 is 37.1 Å². The number of alkyl halides is 3. The van der Waals surface area contributed by atoms with Crippen molar-refractivity contribution in [3.63, 3.8) is 0 Å². The average molecular weight is 409 g/mol. The largest absolute Gasteiger partial charge is 0.490 e. The molecule has 2 aliphatic heterocycles. The fraction of sp³-hybridized carbons (Fsp3) is 0.765. The minimum atomic E-state index is -5.08. The van der Waals surface area contributed by atoms with Gasteiger partial charge in [-0.25, -0.2) is 4.79 Å². The van der Waals surface area contributed by atoms with Crippen LogP contribution >= 0.6 is 0 Å². The number of nitrogens with zero attached hydrogens (tertiary/aromatic N) is 3. The van der Waals surface area contributed by atoms with E-state index in [1.807, 2.05) is 13.8 Å². The normalized spacial score (nSPS) is 23.2. The van der Waals surface area contributed by atoms with E-state index in [-0.39, 0.29) is 0 Å². The predicted octanol–water partition coefficient (Wildman–Crippen LogP) is 1.46. The van der Waals surface area contributed by atoms with Crippen LogP contribution in [0.15, 0.2) is 4.52 Å². The summed E-state index contributed by atoms with van der Waals surface area (Å²) in [5.74, 6) is -1.82. The number of aromatic nitrogens is 1. The monoisotopic (exact) mass is 409 g/mol. The third kappa shape index (κ3) is 5.90. The van der Waals surface area contributed by atoms with Gasteiger partial charge in [0.25, 0.3) is 0 Å². The summed E-state index contributed by atoms with van der Waals surface area (Å²) in [4.78, 5) is 13.9. The Bertz CT molecular complexity index is 633. The minimum Gasteiger partial charge on any atom is -0.475 e. The number of aryl methyl sites for hydroxylation is 2. The molecule has 11 heteroatoms. The quantitative estimate of drug-likeness (QED) is 0.782. The molecule has 0 radical (unpaired) electrons. The Morgan fingerprint density at radius 1 is 1.36 bits per heavy atom. The summed E-state index contributed by atoms with van der Waals surface area (Å²) in [6.45, 7) is 10.5. The topological polar surface area (TPSA) is 88.3 Å². The fourth-order valence-corrected chi connectivity index (χ4v) is 3.36. The van der Waals surface area contributed by atoms with Crippen LogP contribution in [0.5, 0.6) is 0 Å². The number of carbonyl (C=O) groups is 1. The number of likely N-dealkylation sites (tertiary alicyclic amines) is 1. The van der Waals surface area contributed by atoms with Crippen LogP contribution in [0.4, 0.5) is 13.2 Å². The molecule has 2 aliphatic rings. The maximum atomic E-state index is 10.6. The number of rotatable bonds is 5. The third-order valence-corrected chi connectivity index (χ3v) is 4.89. The van der Waals surface area contributed by atoms with E-state index >= 15 is 0 Å².